The second-order valence-corrected chi connectivity index (χ2v) is 5.69. The van der Waals surface area contributed by atoms with Crippen molar-refractivity contribution in [2.75, 3.05) is 13.2 Å². The molecular formula is C14H31N7O4. The van der Waals surface area contributed by atoms with Crippen LogP contribution < -0.4 is 28.9 Å². The fraction of sp³-hybridized carbons (Fsp3) is 0.786. The largest absolute Gasteiger partial charge is 0.463 e. The maximum Gasteiger partial charge on any atom is 0.330 e. The van der Waals surface area contributed by atoms with Crippen LogP contribution in [-0.2, 0) is 9.53 Å². The lowest BCUT2D eigenvalue weighted by Crippen LogP contribution is -2.53. The Balaban J connectivity index is 4.79. The van der Waals surface area contributed by atoms with Crippen LogP contribution in [0.2, 0.25) is 0 Å². The van der Waals surface area contributed by atoms with Gasteiger partial charge in [0.25, 0.3) is 0 Å². The van der Waals surface area contributed by atoms with E-state index in [-0.39, 0.29) is 25.6 Å². The number of hydrogen-bond acceptors (Lipinski definition) is 7. The number of hydrazine groups is 2. The molecule has 146 valence electrons. The summed E-state index contributed by atoms with van der Waals surface area (Å²) in [5, 5.41) is 1.62. The lowest BCUT2D eigenvalue weighted by molar-refractivity contribution is -0.149. The van der Waals surface area contributed by atoms with Gasteiger partial charge in [-0.3, -0.25) is 5.01 Å². The van der Waals surface area contributed by atoms with Crippen molar-refractivity contribution in [1.29, 1.82) is 0 Å². The number of carbonyl (C=O) groups excluding carboxylic acids is 3. The van der Waals surface area contributed by atoms with Gasteiger partial charge in [-0.1, -0.05) is 19.8 Å². The first-order chi connectivity index (χ1) is 11.8. The normalized spacial score (nSPS) is 13.0. The van der Waals surface area contributed by atoms with Crippen LogP contribution >= 0.6 is 0 Å². The molecule has 0 fully saturated rings. The number of hydrogen-bond donors (Lipinski definition) is 5. The Kier molecular flexibility index (Phi) is 11.2. The number of carbonyl (C=O) groups is 3. The van der Waals surface area contributed by atoms with Crippen molar-refractivity contribution in [3.63, 3.8) is 0 Å². The van der Waals surface area contributed by atoms with Gasteiger partial charge in [-0.25, -0.2) is 31.1 Å². The van der Waals surface area contributed by atoms with Crippen LogP contribution in [0.25, 0.3) is 0 Å². The lowest BCUT2D eigenvalue weighted by Gasteiger charge is -2.28. The Morgan fingerprint density at radius 3 is 2.00 bits per heavy atom. The molecule has 0 aromatic heterocycles. The molecule has 25 heavy (non-hydrogen) atoms. The summed E-state index contributed by atoms with van der Waals surface area (Å²) in [5.74, 6) is 10.6. The minimum atomic E-state index is -1.03. The van der Waals surface area contributed by atoms with Crippen molar-refractivity contribution in [1.82, 2.24) is 10.0 Å². The van der Waals surface area contributed by atoms with E-state index in [0.717, 1.165) is 17.9 Å². The van der Waals surface area contributed by atoms with Gasteiger partial charge in [-0.15, -0.1) is 0 Å². The molecule has 0 saturated heterocycles. The van der Waals surface area contributed by atoms with Crippen molar-refractivity contribution >= 4 is 18.0 Å². The van der Waals surface area contributed by atoms with Gasteiger partial charge >= 0.3 is 18.0 Å². The fourth-order valence-electron chi connectivity index (χ4n) is 2.37. The molecule has 2 unspecified atom stereocenters. The number of rotatable bonds is 12. The summed E-state index contributed by atoms with van der Waals surface area (Å²) in [6, 6.07) is -2.97. The van der Waals surface area contributed by atoms with Crippen LogP contribution in [0.4, 0.5) is 9.59 Å². The first-order valence-electron chi connectivity index (χ1n) is 8.29. The van der Waals surface area contributed by atoms with E-state index < -0.39 is 24.1 Å². The van der Waals surface area contributed by atoms with Crippen LogP contribution in [0.5, 0.6) is 0 Å². The van der Waals surface area contributed by atoms with Crippen LogP contribution in [0.15, 0.2) is 0 Å². The van der Waals surface area contributed by atoms with Crippen molar-refractivity contribution in [3.8, 4) is 0 Å². The van der Waals surface area contributed by atoms with Gasteiger partial charge in [0.2, 0.25) is 0 Å². The van der Waals surface area contributed by atoms with E-state index in [1.807, 2.05) is 6.92 Å². The molecule has 2 atom stereocenters. The average molecular weight is 361 g/mol. The molecule has 0 aliphatic carbocycles. The molecule has 0 aromatic rings. The lowest BCUT2D eigenvalue weighted by atomic mass is 10.0. The van der Waals surface area contributed by atoms with Crippen LogP contribution in [0.1, 0.15) is 45.4 Å². The quantitative estimate of drug-likeness (QED) is 0.128. The number of urea groups is 2. The molecular weight excluding hydrogens is 330 g/mol. The van der Waals surface area contributed by atoms with Gasteiger partial charge in [0.15, 0.2) is 0 Å². The average Bonchev–Trinajstić information content (AvgIpc) is 2.57. The number of amides is 4. The molecule has 0 saturated carbocycles. The molecule has 0 aromatic carbocycles. The van der Waals surface area contributed by atoms with Gasteiger partial charge in [0.05, 0.1) is 0 Å². The number of unbranched alkanes of at least 4 members (excludes halogenated alkanes) is 1. The number of nitrogens with zero attached hydrogens (tertiary/aromatic N) is 2. The standard InChI is InChI=1S/C14H31N7O4/c1-2-3-5-10(20(18)13(16)23)6-4-7-11(21(19)14(17)24)12(22)25-9-8-15/h10-11H,2-9,15,18-19H2,1H3,(H2,16,23)(H2,17,24). The van der Waals surface area contributed by atoms with Gasteiger partial charge in [-0.05, 0) is 25.7 Å². The van der Waals surface area contributed by atoms with E-state index in [9.17, 15) is 14.4 Å². The highest BCUT2D eigenvalue weighted by Gasteiger charge is 2.28. The number of primary amides is 2. The molecule has 0 radical (unpaired) electrons. The summed E-state index contributed by atoms with van der Waals surface area (Å²) in [4.78, 5) is 34.6. The minimum absolute atomic E-state index is 0.0132. The molecule has 11 nitrogen and oxygen atoms in total. The third-order valence-electron chi connectivity index (χ3n) is 3.78. The Morgan fingerprint density at radius 1 is 0.960 bits per heavy atom. The molecule has 4 amide bonds. The molecule has 0 heterocycles. The third kappa shape index (κ3) is 8.52. The van der Waals surface area contributed by atoms with Crippen molar-refractivity contribution in [2.45, 2.75) is 57.5 Å². The zero-order valence-electron chi connectivity index (χ0n) is 14.7. The summed E-state index contributed by atoms with van der Waals surface area (Å²) in [5.41, 5.74) is 15.6. The Morgan fingerprint density at radius 2 is 1.52 bits per heavy atom. The van der Waals surface area contributed by atoms with E-state index in [0.29, 0.717) is 24.3 Å². The summed E-state index contributed by atoms with van der Waals surface area (Å²) in [7, 11) is 0. The SMILES string of the molecule is CCCCC(CCCC(C(=O)OCCN)N(N)C(N)=O)N(N)C(N)=O. The predicted octanol–water partition coefficient (Wildman–Crippen LogP) is -0.905. The highest BCUT2D eigenvalue weighted by atomic mass is 16.5. The van der Waals surface area contributed by atoms with Gasteiger partial charge in [-0.2, -0.15) is 0 Å². The van der Waals surface area contributed by atoms with Crippen molar-refractivity contribution in [2.24, 2.45) is 28.9 Å². The maximum absolute atomic E-state index is 12.0. The Bertz CT molecular complexity index is 435. The molecule has 0 spiro atoms. The number of esters is 1. The van der Waals surface area contributed by atoms with Crippen molar-refractivity contribution in [3.05, 3.63) is 0 Å². The van der Waals surface area contributed by atoms with Gasteiger partial charge < -0.3 is 21.9 Å². The molecule has 0 rings (SSSR count). The topological polar surface area (TPSA) is 197 Å². The second kappa shape index (κ2) is 12.3. The fourth-order valence-corrected chi connectivity index (χ4v) is 2.37. The second-order valence-electron chi connectivity index (χ2n) is 5.69. The molecule has 10 N–H and O–H groups in total. The summed E-state index contributed by atoms with van der Waals surface area (Å²) in [6.07, 6.45) is 3.65. The number of ether oxygens (including phenoxy) is 1. The van der Waals surface area contributed by atoms with E-state index in [1.54, 1.807) is 0 Å². The Labute approximate surface area is 147 Å². The summed E-state index contributed by atoms with van der Waals surface area (Å²) in [6.45, 7) is 2.18. The molecule has 0 aliphatic rings. The maximum atomic E-state index is 12.0. The summed E-state index contributed by atoms with van der Waals surface area (Å²) >= 11 is 0. The highest BCUT2D eigenvalue weighted by molar-refractivity contribution is 5.82. The predicted molar refractivity (Wildman–Crippen MR) is 92.2 cm³/mol. The highest BCUT2D eigenvalue weighted by Crippen LogP contribution is 2.16. The van der Waals surface area contributed by atoms with Gasteiger partial charge in [0.1, 0.15) is 12.6 Å². The van der Waals surface area contributed by atoms with Crippen LogP contribution in [0.3, 0.4) is 0 Å². The monoisotopic (exact) mass is 361 g/mol. The zero-order valence-corrected chi connectivity index (χ0v) is 14.7. The third-order valence-corrected chi connectivity index (χ3v) is 3.78. The van der Waals surface area contributed by atoms with Crippen LogP contribution in [-0.4, -0.2) is 53.3 Å². The first-order valence-corrected chi connectivity index (χ1v) is 8.29. The van der Waals surface area contributed by atoms with Crippen LogP contribution in [0, 0.1) is 0 Å². The molecule has 0 aliphatic heterocycles. The van der Waals surface area contributed by atoms with E-state index in [1.165, 1.54) is 0 Å². The smallest absolute Gasteiger partial charge is 0.330 e. The Hall–Kier alpha value is -2.11. The van der Waals surface area contributed by atoms with E-state index in [4.69, 9.17) is 33.6 Å². The minimum Gasteiger partial charge on any atom is -0.463 e. The van der Waals surface area contributed by atoms with Gasteiger partial charge in [0, 0.05) is 12.6 Å². The molecule has 11 heteroatoms. The summed E-state index contributed by atoms with van der Waals surface area (Å²) < 4.78 is 4.93. The zero-order chi connectivity index (χ0) is 19.4. The molecule has 0 bridgehead atoms. The first kappa shape index (κ1) is 22.9. The van der Waals surface area contributed by atoms with E-state index >= 15 is 0 Å². The van der Waals surface area contributed by atoms with E-state index in [2.05, 4.69) is 0 Å². The number of nitrogens with two attached hydrogens (primary N) is 5. The van der Waals surface area contributed by atoms with Crippen molar-refractivity contribution < 1.29 is 19.1 Å².